The molecule has 7 nitrogen and oxygen atoms in total. The molecule has 3 N–H and O–H groups in total. The van der Waals surface area contributed by atoms with Crippen molar-refractivity contribution in [1.29, 1.82) is 0 Å². The highest BCUT2D eigenvalue weighted by Gasteiger charge is 2.11. The van der Waals surface area contributed by atoms with Gasteiger partial charge in [-0.2, -0.15) is 0 Å². The third-order valence-electron chi connectivity index (χ3n) is 2.82. The van der Waals surface area contributed by atoms with Gasteiger partial charge in [-0.3, -0.25) is 20.0 Å². The third kappa shape index (κ3) is 2.71. The maximum absolute atomic E-state index is 11.8. The zero-order valence-corrected chi connectivity index (χ0v) is 10.8. The minimum absolute atomic E-state index is 0.148. The van der Waals surface area contributed by atoms with Crippen molar-refractivity contribution in [3.05, 3.63) is 59.1 Å². The molecule has 1 aromatic carbocycles. The zero-order chi connectivity index (χ0) is 14.7. The molecule has 2 aromatic heterocycles. The number of azo groups is 1. The Labute approximate surface area is 119 Å². The molecule has 0 aliphatic rings. The fraction of sp³-hybridized carbons (Fsp3) is 0. The van der Waals surface area contributed by atoms with Crippen LogP contribution >= 0.6 is 0 Å². The van der Waals surface area contributed by atoms with Crippen LogP contribution in [0, 0.1) is 0 Å². The summed E-state index contributed by atoms with van der Waals surface area (Å²) >= 11 is 0. The number of benzene rings is 1. The smallest absolute Gasteiger partial charge is 0.292 e. The van der Waals surface area contributed by atoms with Gasteiger partial charge in [0.25, 0.3) is 5.56 Å². The molecule has 3 aromatic rings. The van der Waals surface area contributed by atoms with Crippen LogP contribution in [-0.2, 0) is 0 Å². The summed E-state index contributed by atoms with van der Waals surface area (Å²) in [4.78, 5) is 15.7. The highest BCUT2D eigenvalue weighted by Crippen LogP contribution is 2.27. The topological polar surface area (TPSA) is 106 Å². The van der Waals surface area contributed by atoms with Gasteiger partial charge in [-0.15, -0.1) is 10.2 Å². The van der Waals surface area contributed by atoms with Crippen molar-refractivity contribution in [3.8, 4) is 17.0 Å². The zero-order valence-electron chi connectivity index (χ0n) is 10.8. The van der Waals surface area contributed by atoms with Gasteiger partial charge in [0.05, 0.1) is 11.9 Å². The second-order valence-corrected chi connectivity index (χ2v) is 4.26. The maximum atomic E-state index is 11.8. The molecular formula is C14H11N5O2. The summed E-state index contributed by atoms with van der Waals surface area (Å²) in [5.41, 5.74) is 1.57. The largest absolute Gasteiger partial charge is 0.508 e. The summed E-state index contributed by atoms with van der Waals surface area (Å²) in [6.45, 7) is 0. The molecule has 3 rings (SSSR count). The van der Waals surface area contributed by atoms with Gasteiger partial charge in [0.1, 0.15) is 11.4 Å². The molecule has 0 bridgehead atoms. The molecule has 21 heavy (non-hydrogen) atoms. The fourth-order valence-electron chi connectivity index (χ4n) is 1.80. The molecular weight excluding hydrogens is 270 g/mol. The van der Waals surface area contributed by atoms with Crippen LogP contribution in [0.3, 0.4) is 0 Å². The minimum Gasteiger partial charge on any atom is -0.508 e. The van der Waals surface area contributed by atoms with Crippen molar-refractivity contribution in [2.75, 3.05) is 0 Å². The number of aromatic hydroxyl groups is 1. The molecule has 0 spiro atoms. The van der Waals surface area contributed by atoms with Gasteiger partial charge in [0.15, 0.2) is 5.69 Å². The number of phenolic OH excluding ortho intramolecular Hbond substituents is 1. The summed E-state index contributed by atoms with van der Waals surface area (Å²) < 4.78 is 0. The molecule has 0 aliphatic carbocycles. The van der Waals surface area contributed by atoms with Gasteiger partial charge in [-0.25, -0.2) is 0 Å². The lowest BCUT2D eigenvalue weighted by molar-refractivity contribution is 0.475. The first-order chi connectivity index (χ1) is 10.2. The van der Waals surface area contributed by atoms with Crippen molar-refractivity contribution < 1.29 is 5.11 Å². The average molecular weight is 281 g/mol. The first kappa shape index (κ1) is 12.8. The molecule has 0 saturated heterocycles. The average Bonchev–Trinajstić information content (AvgIpc) is 2.88. The highest BCUT2D eigenvalue weighted by atomic mass is 16.3. The molecule has 0 amide bonds. The van der Waals surface area contributed by atoms with Crippen molar-refractivity contribution in [2.45, 2.75) is 0 Å². The van der Waals surface area contributed by atoms with E-state index in [1.54, 1.807) is 36.7 Å². The normalized spacial score (nSPS) is 11.0. The van der Waals surface area contributed by atoms with E-state index in [-0.39, 0.29) is 17.0 Å². The number of aromatic amines is 2. The number of pyridine rings is 1. The van der Waals surface area contributed by atoms with E-state index in [0.29, 0.717) is 16.9 Å². The van der Waals surface area contributed by atoms with Gasteiger partial charge in [0.2, 0.25) is 0 Å². The van der Waals surface area contributed by atoms with Crippen molar-refractivity contribution in [2.24, 2.45) is 10.2 Å². The van der Waals surface area contributed by atoms with Crippen LogP contribution in [0.4, 0.5) is 11.4 Å². The lowest BCUT2D eigenvalue weighted by atomic mass is 10.1. The Balaban J connectivity index is 2.00. The van der Waals surface area contributed by atoms with E-state index in [1.165, 1.54) is 12.1 Å². The summed E-state index contributed by atoms with van der Waals surface area (Å²) in [5, 5.41) is 22.5. The Morgan fingerprint density at radius 3 is 2.57 bits per heavy atom. The molecule has 0 aliphatic heterocycles. The van der Waals surface area contributed by atoms with Gasteiger partial charge in [0, 0.05) is 11.8 Å². The number of hydrogen-bond acceptors (Lipinski definition) is 5. The molecule has 0 atom stereocenters. The van der Waals surface area contributed by atoms with E-state index in [1.807, 2.05) is 0 Å². The van der Waals surface area contributed by atoms with E-state index in [0.717, 1.165) is 0 Å². The molecule has 2 heterocycles. The maximum Gasteiger partial charge on any atom is 0.292 e. The van der Waals surface area contributed by atoms with Crippen LogP contribution in [0.15, 0.2) is 63.8 Å². The minimum atomic E-state index is -0.370. The van der Waals surface area contributed by atoms with Gasteiger partial charge >= 0.3 is 0 Å². The molecule has 0 fully saturated rings. The van der Waals surface area contributed by atoms with E-state index < -0.39 is 0 Å². The van der Waals surface area contributed by atoms with Crippen LogP contribution in [-0.4, -0.2) is 20.3 Å². The Morgan fingerprint density at radius 1 is 1.05 bits per heavy atom. The predicted octanol–water partition coefficient (Wildman–Crippen LogP) is 2.89. The number of H-pyrrole nitrogens is 2. The Morgan fingerprint density at radius 2 is 1.86 bits per heavy atom. The van der Waals surface area contributed by atoms with Crippen molar-refractivity contribution >= 4 is 11.4 Å². The monoisotopic (exact) mass is 281 g/mol. The SMILES string of the molecule is O=c1[nH][nH]c(-c2ccc(O)cc2)c1N=Nc1cccnc1. The lowest BCUT2D eigenvalue weighted by Crippen LogP contribution is -1.96. The van der Waals surface area contributed by atoms with Crippen LogP contribution < -0.4 is 5.56 Å². The van der Waals surface area contributed by atoms with Gasteiger partial charge in [-0.1, -0.05) is 0 Å². The second-order valence-electron chi connectivity index (χ2n) is 4.26. The van der Waals surface area contributed by atoms with E-state index in [4.69, 9.17) is 0 Å². The summed E-state index contributed by atoms with van der Waals surface area (Å²) in [6.07, 6.45) is 3.18. The first-order valence-corrected chi connectivity index (χ1v) is 6.16. The third-order valence-corrected chi connectivity index (χ3v) is 2.82. The van der Waals surface area contributed by atoms with Crippen LogP contribution in [0.25, 0.3) is 11.3 Å². The van der Waals surface area contributed by atoms with Gasteiger partial charge < -0.3 is 5.11 Å². The Bertz CT molecular complexity index is 819. The number of rotatable bonds is 3. The highest BCUT2D eigenvalue weighted by molar-refractivity contribution is 5.71. The van der Waals surface area contributed by atoms with Crippen LogP contribution in [0.5, 0.6) is 5.75 Å². The van der Waals surface area contributed by atoms with Crippen molar-refractivity contribution in [3.63, 3.8) is 0 Å². The Kier molecular flexibility index (Phi) is 3.30. The summed E-state index contributed by atoms with van der Waals surface area (Å²) in [7, 11) is 0. The van der Waals surface area contributed by atoms with Crippen molar-refractivity contribution in [1.82, 2.24) is 15.2 Å². The molecule has 0 radical (unpaired) electrons. The standard InChI is InChI=1S/C14H11N5O2/c20-11-5-3-9(4-6-11)12-13(14(21)19-17-12)18-16-10-2-1-7-15-8-10/h1-8,20H,(H2,17,19,21). The fourth-order valence-corrected chi connectivity index (χ4v) is 1.80. The number of phenols is 1. The molecule has 0 saturated carbocycles. The molecule has 104 valence electrons. The van der Waals surface area contributed by atoms with E-state index >= 15 is 0 Å². The van der Waals surface area contributed by atoms with Crippen LogP contribution in [0.1, 0.15) is 0 Å². The molecule has 7 heteroatoms. The number of nitrogens with one attached hydrogen (secondary N) is 2. The number of hydrogen-bond donors (Lipinski definition) is 3. The van der Waals surface area contributed by atoms with Gasteiger partial charge in [-0.05, 0) is 36.4 Å². The number of aromatic nitrogens is 3. The lowest BCUT2D eigenvalue weighted by Gasteiger charge is -1.99. The predicted molar refractivity (Wildman–Crippen MR) is 76.9 cm³/mol. The van der Waals surface area contributed by atoms with Crippen LogP contribution in [0.2, 0.25) is 0 Å². The summed E-state index contributed by atoms with van der Waals surface area (Å²) in [5.74, 6) is 0.148. The Hall–Kier alpha value is -3.22. The van der Waals surface area contributed by atoms with E-state index in [2.05, 4.69) is 25.4 Å². The molecule has 0 unspecified atom stereocenters. The number of nitrogens with zero attached hydrogens (tertiary/aromatic N) is 3. The quantitative estimate of drug-likeness (QED) is 0.642. The second kappa shape index (κ2) is 5.41. The van der Waals surface area contributed by atoms with E-state index in [9.17, 15) is 9.90 Å². The first-order valence-electron chi connectivity index (χ1n) is 6.16. The summed E-state index contributed by atoms with van der Waals surface area (Å²) in [6, 6.07) is 9.88.